The van der Waals surface area contributed by atoms with E-state index in [0.29, 0.717) is 17.2 Å². The van der Waals surface area contributed by atoms with E-state index in [1.54, 1.807) is 32.2 Å². The van der Waals surface area contributed by atoms with E-state index in [0.717, 1.165) is 6.26 Å². The molecule has 2 aromatic rings. The highest BCUT2D eigenvalue weighted by atomic mass is 32.2. The van der Waals surface area contributed by atoms with Gasteiger partial charge in [0.05, 0.1) is 24.8 Å². The van der Waals surface area contributed by atoms with Crippen molar-refractivity contribution in [2.24, 2.45) is 0 Å². The lowest BCUT2D eigenvalue weighted by atomic mass is 9.90. The van der Waals surface area contributed by atoms with E-state index >= 15 is 0 Å². The molecule has 2 N–H and O–H groups in total. The number of carboxylic acid groups (broad SMARTS) is 1. The maximum absolute atomic E-state index is 11.3. The van der Waals surface area contributed by atoms with Crippen LogP contribution in [0.3, 0.4) is 0 Å². The first-order chi connectivity index (χ1) is 10.6. The van der Waals surface area contributed by atoms with E-state index in [9.17, 15) is 18.3 Å². The molecule has 10 heteroatoms. The summed E-state index contributed by atoms with van der Waals surface area (Å²) in [5, 5.41) is 16.4. The fourth-order valence-electron chi connectivity index (χ4n) is 1.76. The Morgan fingerprint density at radius 2 is 2.13 bits per heavy atom. The monoisotopic (exact) mass is 342 g/mol. The highest BCUT2D eigenvalue weighted by molar-refractivity contribution is 7.85. The van der Waals surface area contributed by atoms with Gasteiger partial charge in [-0.15, -0.1) is 5.10 Å². The van der Waals surface area contributed by atoms with E-state index in [1.807, 2.05) is 0 Å². The first-order valence-corrected chi connectivity index (χ1v) is 8.60. The van der Waals surface area contributed by atoms with Crippen LogP contribution in [-0.2, 0) is 24.5 Å². The number of aromatic nitrogens is 3. The van der Waals surface area contributed by atoms with E-state index in [-0.39, 0.29) is 13.2 Å². The Morgan fingerprint density at radius 1 is 1.43 bits per heavy atom. The van der Waals surface area contributed by atoms with Crippen LogP contribution in [0.15, 0.2) is 18.3 Å². The number of fused-ring (bicyclic) bond motifs is 1. The second-order valence-corrected chi connectivity index (χ2v) is 7.17. The lowest BCUT2D eigenvalue weighted by Gasteiger charge is -2.15. The topological polar surface area (TPSA) is 123 Å². The van der Waals surface area contributed by atoms with Crippen molar-refractivity contribution >= 4 is 27.6 Å². The molecule has 23 heavy (non-hydrogen) atoms. The number of imidazole rings is 1. The van der Waals surface area contributed by atoms with Crippen LogP contribution in [0.2, 0.25) is 0 Å². The van der Waals surface area contributed by atoms with Gasteiger partial charge in [-0.2, -0.15) is 8.42 Å². The Balaban J connectivity index is 2.12. The molecule has 9 nitrogen and oxygen atoms in total. The summed E-state index contributed by atoms with van der Waals surface area (Å²) in [5.74, 6) is -0.483. The van der Waals surface area contributed by atoms with Crippen molar-refractivity contribution in [3.63, 3.8) is 0 Å². The molecule has 126 valence electrons. The highest BCUT2D eigenvalue weighted by Crippen LogP contribution is 2.22. The molecule has 0 saturated heterocycles. The van der Waals surface area contributed by atoms with Crippen LogP contribution < -0.4 is 5.32 Å². The molecule has 2 heterocycles. The fraction of sp³-hybridized carbons (Fsp3) is 0.462. The zero-order valence-corrected chi connectivity index (χ0v) is 13.8. The molecule has 0 atom stereocenters. The van der Waals surface area contributed by atoms with E-state index < -0.39 is 21.5 Å². The lowest BCUT2D eigenvalue weighted by molar-refractivity contribution is -0.142. The van der Waals surface area contributed by atoms with Crippen molar-refractivity contribution in [3.05, 3.63) is 24.0 Å². The van der Waals surface area contributed by atoms with Crippen LogP contribution >= 0.6 is 0 Å². The van der Waals surface area contributed by atoms with Crippen molar-refractivity contribution in [2.45, 2.75) is 19.3 Å². The summed E-state index contributed by atoms with van der Waals surface area (Å²) in [7, 11) is -3.47. The molecule has 0 amide bonds. The molecule has 2 rings (SSSR count). The summed E-state index contributed by atoms with van der Waals surface area (Å²) in [6, 6.07) is 3.36. The van der Waals surface area contributed by atoms with Crippen LogP contribution in [0, 0.1) is 0 Å². The van der Waals surface area contributed by atoms with Crippen molar-refractivity contribution in [3.8, 4) is 0 Å². The quantitative estimate of drug-likeness (QED) is 0.550. The molecule has 0 saturated carbocycles. The molecular weight excluding hydrogens is 324 g/mol. The van der Waals surface area contributed by atoms with Crippen LogP contribution in [-0.4, -0.2) is 53.5 Å². The lowest BCUT2D eigenvalue weighted by Crippen LogP contribution is -2.28. The number of aliphatic carboxylic acids is 1. The molecule has 0 fully saturated rings. The number of carboxylic acids is 1. The number of nitrogens with zero attached hydrogens (tertiary/aromatic N) is 3. The molecule has 0 aliphatic rings. The molecule has 0 aliphatic heterocycles. The van der Waals surface area contributed by atoms with Gasteiger partial charge in [0, 0.05) is 6.54 Å². The van der Waals surface area contributed by atoms with E-state index in [2.05, 4.69) is 19.6 Å². The largest absolute Gasteiger partial charge is 0.481 e. The molecule has 0 aliphatic carbocycles. The predicted molar refractivity (Wildman–Crippen MR) is 82.9 cm³/mol. The van der Waals surface area contributed by atoms with Gasteiger partial charge in [0.25, 0.3) is 10.1 Å². The molecule has 0 unspecified atom stereocenters. The Labute approximate surface area is 133 Å². The summed E-state index contributed by atoms with van der Waals surface area (Å²) in [6.45, 7) is 3.38. The summed E-state index contributed by atoms with van der Waals surface area (Å²) < 4.78 is 27.8. The van der Waals surface area contributed by atoms with Gasteiger partial charge in [-0.1, -0.05) is 0 Å². The van der Waals surface area contributed by atoms with Gasteiger partial charge >= 0.3 is 5.97 Å². The number of hydrogen-bond donors (Lipinski definition) is 2. The molecular formula is C13H18N4O5S. The SMILES string of the molecule is CC(C)(C(=O)O)c1cn2nc(NCCOS(C)(=O)=O)ccc2n1. The number of anilines is 1. The maximum atomic E-state index is 11.3. The highest BCUT2D eigenvalue weighted by Gasteiger charge is 2.32. The Hall–Kier alpha value is -2.20. The number of hydrogen-bond acceptors (Lipinski definition) is 7. The summed E-state index contributed by atoms with van der Waals surface area (Å²) >= 11 is 0. The Morgan fingerprint density at radius 3 is 2.74 bits per heavy atom. The van der Waals surface area contributed by atoms with Gasteiger partial charge in [0.2, 0.25) is 0 Å². The predicted octanol–water partition coefficient (Wildman–Crippen LogP) is 0.480. The van der Waals surface area contributed by atoms with Gasteiger partial charge in [-0.05, 0) is 26.0 Å². The Kier molecular flexibility index (Phi) is 4.57. The summed E-state index contributed by atoms with van der Waals surface area (Å²) in [5.41, 5.74) is -0.202. The van der Waals surface area contributed by atoms with Crippen LogP contribution in [0.4, 0.5) is 5.82 Å². The summed E-state index contributed by atoms with van der Waals surface area (Å²) in [6.07, 6.45) is 2.54. The van der Waals surface area contributed by atoms with Crippen molar-refractivity contribution in [2.75, 3.05) is 24.7 Å². The van der Waals surface area contributed by atoms with Crippen molar-refractivity contribution in [1.82, 2.24) is 14.6 Å². The minimum Gasteiger partial charge on any atom is -0.481 e. The minimum absolute atomic E-state index is 0.0141. The average molecular weight is 342 g/mol. The molecule has 0 radical (unpaired) electrons. The number of nitrogens with one attached hydrogen (secondary N) is 1. The standard InChI is InChI=1S/C13H18N4O5S/c1-13(2,12(18)19)9-8-17-11(15-9)5-4-10(16-17)14-6-7-22-23(3,20)21/h4-5,8H,6-7H2,1-3H3,(H,14,16)(H,18,19). The van der Waals surface area contributed by atoms with Crippen LogP contribution in [0.5, 0.6) is 0 Å². The normalized spacial score (nSPS) is 12.5. The van der Waals surface area contributed by atoms with Gasteiger partial charge < -0.3 is 10.4 Å². The minimum atomic E-state index is -3.47. The maximum Gasteiger partial charge on any atom is 0.315 e. The third-order valence-electron chi connectivity index (χ3n) is 3.20. The second-order valence-electron chi connectivity index (χ2n) is 5.53. The Bertz CT molecular complexity index is 828. The van der Waals surface area contributed by atoms with Gasteiger partial charge in [0.1, 0.15) is 11.2 Å². The third-order valence-corrected chi connectivity index (χ3v) is 3.80. The van der Waals surface area contributed by atoms with E-state index in [4.69, 9.17) is 0 Å². The first kappa shape index (κ1) is 17.2. The molecule has 0 aromatic carbocycles. The zero-order chi connectivity index (χ0) is 17.3. The van der Waals surface area contributed by atoms with E-state index in [1.165, 1.54) is 4.52 Å². The summed E-state index contributed by atoms with van der Waals surface area (Å²) in [4.78, 5) is 15.5. The smallest absolute Gasteiger partial charge is 0.315 e. The van der Waals surface area contributed by atoms with Crippen molar-refractivity contribution < 1.29 is 22.5 Å². The first-order valence-electron chi connectivity index (χ1n) is 6.78. The zero-order valence-electron chi connectivity index (χ0n) is 13.0. The van der Waals surface area contributed by atoms with Gasteiger partial charge in [-0.3, -0.25) is 8.98 Å². The fourth-order valence-corrected chi connectivity index (χ4v) is 2.15. The average Bonchev–Trinajstić information content (AvgIpc) is 2.86. The van der Waals surface area contributed by atoms with Gasteiger partial charge in [0.15, 0.2) is 5.65 Å². The molecule has 0 spiro atoms. The van der Waals surface area contributed by atoms with Crippen molar-refractivity contribution in [1.29, 1.82) is 0 Å². The number of carbonyl (C=O) groups is 1. The third kappa shape index (κ3) is 4.17. The van der Waals surface area contributed by atoms with Crippen LogP contribution in [0.25, 0.3) is 5.65 Å². The second kappa shape index (κ2) is 6.13. The molecule has 2 aromatic heterocycles. The molecule has 0 bridgehead atoms. The van der Waals surface area contributed by atoms with Crippen LogP contribution in [0.1, 0.15) is 19.5 Å². The number of rotatable bonds is 7. The van der Waals surface area contributed by atoms with Gasteiger partial charge in [-0.25, -0.2) is 9.50 Å².